The van der Waals surface area contributed by atoms with Crippen LogP contribution in [0, 0.1) is 0 Å². The Morgan fingerprint density at radius 2 is 1.29 bits per heavy atom. The zero-order valence-corrected chi connectivity index (χ0v) is 15.7. The predicted octanol–water partition coefficient (Wildman–Crippen LogP) is 0.648. The first-order chi connectivity index (χ1) is 10.2. The first-order valence-corrected chi connectivity index (χ1v) is 6.34. The van der Waals surface area contributed by atoms with E-state index in [2.05, 4.69) is 4.98 Å². The van der Waals surface area contributed by atoms with Crippen molar-refractivity contribution in [2.75, 3.05) is 7.11 Å². The molecule has 0 bridgehead atoms. The summed E-state index contributed by atoms with van der Waals surface area (Å²) in [5, 5.41) is 20.0. The maximum atomic E-state index is 9.98. The van der Waals surface area contributed by atoms with E-state index in [9.17, 15) is 19.8 Å². The van der Waals surface area contributed by atoms with Crippen LogP contribution in [0.15, 0.2) is 48.2 Å². The molecule has 1 rings (SSSR count). The summed E-state index contributed by atoms with van der Waals surface area (Å²) in [4.78, 5) is 23.8. The molecule has 0 aliphatic heterocycles. The number of ketones is 2. The van der Waals surface area contributed by atoms with Gasteiger partial charge in [0.05, 0.1) is 7.11 Å². The number of aromatic nitrogens is 1. The van der Waals surface area contributed by atoms with Crippen LogP contribution < -0.4 is 14.9 Å². The van der Waals surface area contributed by atoms with Gasteiger partial charge in [0.15, 0.2) is 11.6 Å². The van der Waals surface area contributed by atoms with Crippen LogP contribution in [0.1, 0.15) is 27.7 Å². The molecule has 0 aliphatic rings. The third kappa shape index (κ3) is 28.1. The Morgan fingerprint density at radius 1 is 0.958 bits per heavy atom. The van der Waals surface area contributed by atoms with Crippen LogP contribution in [-0.2, 0) is 33.6 Å². The number of ether oxygens (including phenoxy) is 1. The van der Waals surface area contributed by atoms with E-state index < -0.39 is 0 Å². The molecule has 0 spiro atoms. The van der Waals surface area contributed by atoms with E-state index >= 15 is 0 Å². The Bertz CT molecular complexity index is 479. The fourth-order valence-electron chi connectivity index (χ4n) is 1.05. The van der Waals surface area contributed by atoms with E-state index in [4.69, 9.17) is 4.74 Å². The Morgan fingerprint density at radius 3 is 1.42 bits per heavy atom. The maximum absolute atomic E-state index is 9.98. The van der Waals surface area contributed by atoms with Gasteiger partial charge in [-0.15, -0.1) is 11.5 Å². The number of methoxy groups -OCH3 is 1. The van der Waals surface area contributed by atoms with Crippen molar-refractivity contribution in [3.63, 3.8) is 0 Å². The Kier molecular flexibility index (Phi) is 23.6. The average molecular weight is 374 g/mol. The van der Waals surface area contributed by atoms with E-state index in [1.54, 1.807) is 31.6 Å². The van der Waals surface area contributed by atoms with Gasteiger partial charge in [0.2, 0.25) is 0 Å². The Hall–Kier alpha value is -2.09. The molecule has 0 fully saturated rings. The summed E-state index contributed by atoms with van der Waals surface area (Å²) in [6.45, 7) is 5.39. The molecule has 0 atom stereocenters. The predicted molar refractivity (Wildman–Crippen MR) is 80.4 cm³/mol. The molecule has 24 heavy (non-hydrogen) atoms. The molecule has 0 unspecified atom stereocenters. The smallest absolute Gasteiger partial charge is 2.00 e. The molecule has 1 heterocycles. The second kappa shape index (κ2) is 19.0. The monoisotopic (exact) mass is 374 g/mol. The third-order valence-corrected chi connectivity index (χ3v) is 1.70. The summed E-state index contributed by atoms with van der Waals surface area (Å²) in [7, 11) is 1.63. The molecule has 1 aromatic heterocycles. The van der Waals surface area contributed by atoms with Crippen molar-refractivity contribution in [2.24, 2.45) is 0 Å². The van der Waals surface area contributed by atoms with Gasteiger partial charge in [0, 0.05) is 12.4 Å². The van der Waals surface area contributed by atoms with Crippen molar-refractivity contribution in [1.29, 1.82) is 0 Å². The molecule has 131 valence electrons. The van der Waals surface area contributed by atoms with Crippen LogP contribution in [0.25, 0.3) is 0 Å². The van der Waals surface area contributed by atoms with Crippen LogP contribution in [0.5, 0.6) is 5.75 Å². The number of allylic oxidation sites excluding steroid dienone is 4. The summed E-state index contributed by atoms with van der Waals surface area (Å²) in [5.74, 6) is 0.0972. The van der Waals surface area contributed by atoms with Crippen molar-refractivity contribution in [3.05, 3.63) is 48.2 Å². The number of rotatable bonds is 3. The van der Waals surface area contributed by atoms with E-state index in [0.29, 0.717) is 0 Å². The van der Waals surface area contributed by atoms with E-state index in [1.165, 1.54) is 27.7 Å². The topological polar surface area (TPSA) is 131 Å². The number of hydrogen-bond donors (Lipinski definition) is 0. The van der Waals surface area contributed by atoms with E-state index in [-0.39, 0.29) is 47.1 Å². The van der Waals surface area contributed by atoms with Crippen molar-refractivity contribution >= 4 is 11.6 Å². The van der Waals surface area contributed by atoms with Crippen molar-refractivity contribution in [1.82, 2.24) is 4.98 Å². The van der Waals surface area contributed by atoms with Gasteiger partial charge >= 0.3 is 18.6 Å². The van der Waals surface area contributed by atoms with Gasteiger partial charge in [0.25, 0.3) is 0 Å². The van der Waals surface area contributed by atoms with Crippen LogP contribution >= 0.6 is 0 Å². The van der Waals surface area contributed by atoms with Gasteiger partial charge in [-0.25, -0.2) is 0 Å². The molecule has 0 N–H and O–H groups in total. The minimum absolute atomic E-state index is 0. The number of hydrogen-bond acceptors (Lipinski definition) is 6. The van der Waals surface area contributed by atoms with Gasteiger partial charge < -0.3 is 20.4 Å². The summed E-state index contributed by atoms with van der Waals surface area (Å²) < 4.78 is 4.87. The van der Waals surface area contributed by atoms with Crippen LogP contribution in [0.3, 0.4) is 0 Å². The summed E-state index contributed by atoms with van der Waals surface area (Å²) in [6, 6.07) is 3.61. The first-order valence-electron chi connectivity index (χ1n) is 6.34. The van der Waals surface area contributed by atoms with Crippen LogP contribution in [0.4, 0.5) is 0 Å². The minimum atomic E-state index is -0.187. The van der Waals surface area contributed by atoms with Gasteiger partial charge in [-0.1, -0.05) is 13.8 Å². The fourth-order valence-corrected chi connectivity index (χ4v) is 1.05. The molecular weight excluding hydrogens is 353 g/mol. The zero-order valence-electron chi connectivity index (χ0n) is 14.3. The van der Waals surface area contributed by atoms with E-state index in [0.717, 1.165) is 17.9 Å². The van der Waals surface area contributed by atoms with Crippen LogP contribution in [-0.4, -0.2) is 23.7 Å². The Labute approximate surface area is 154 Å². The van der Waals surface area contributed by atoms with Gasteiger partial charge in [-0.3, -0.25) is 14.6 Å². The van der Waals surface area contributed by atoms with Gasteiger partial charge in [-0.2, -0.15) is 0 Å². The second-order valence-electron chi connectivity index (χ2n) is 4.12. The molecule has 0 amide bonds. The molecule has 7 nitrogen and oxygen atoms in total. The molecule has 1 aromatic rings. The van der Waals surface area contributed by atoms with Crippen LogP contribution in [0.2, 0.25) is 0 Å². The van der Waals surface area contributed by atoms with Gasteiger partial charge in [0.1, 0.15) is 5.75 Å². The van der Waals surface area contributed by atoms with Gasteiger partial charge in [-0.05, 0) is 38.1 Å². The molecule has 0 saturated heterocycles. The molecule has 1 radical (unpaired) electrons. The third-order valence-electron chi connectivity index (χ3n) is 1.70. The quantitative estimate of drug-likeness (QED) is 0.564. The SMILES string of the molecule is CC(=O)/C=C(/C)[O-].CC(=O)/C=C(/C)[O-].COc1ccncc1.[O-2].[V+4]. The summed E-state index contributed by atoms with van der Waals surface area (Å²) >= 11 is 0. The Balaban J connectivity index is -0.000000121. The number of pyridine rings is 1. The standard InChI is InChI=1S/C6H7NO.2C5H8O2.O.V/c1-8-6-2-4-7-5-3-6;2*1-4(6)3-5(2)7;;/h2-5H,1H3;2*3,6H,1-2H3;;/q;;;-2;+4/p-2/b;2*4-3-;;. The largest absolute Gasteiger partial charge is 4.00 e. The molecular formula is C16H21NO6V. The van der Waals surface area contributed by atoms with E-state index in [1.807, 2.05) is 0 Å². The summed E-state index contributed by atoms with van der Waals surface area (Å²) in [5.41, 5.74) is 0. The van der Waals surface area contributed by atoms with Crippen molar-refractivity contribution < 1.29 is 48.6 Å². The van der Waals surface area contributed by atoms with Crippen molar-refractivity contribution in [2.45, 2.75) is 27.7 Å². The number of carbonyl (C=O) groups excluding carboxylic acids is 2. The summed E-state index contributed by atoms with van der Waals surface area (Å²) in [6.07, 6.45) is 5.50. The maximum Gasteiger partial charge on any atom is 4.00 e. The normalized spacial score (nSPS) is 9.54. The average Bonchev–Trinajstić information content (AvgIpc) is 2.38. The molecule has 0 saturated carbocycles. The molecule has 0 aromatic carbocycles. The minimum Gasteiger partial charge on any atom is -2.00 e. The number of carbonyl (C=O) groups is 2. The molecule has 8 heteroatoms. The second-order valence-corrected chi connectivity index (χ2v) is 4.12. The van der Waals surface area contributed by atoms with Crippen molar-refractivity contribution in [3.8, 4) is 5.75 Å². The zero-order chi connectivity index (χ0) is 17.5. The fraction of sp³-hybridized carbons (Fsp3) is 0.312. The number of nitrogens with zero attached hydrogens (tertiary/aromatic N) is 1. The first kappa shape index (κ1) is 29.9. The molecule has 0 aliphatic carbocycles.